The van der Waals surface area contributed by atoms with Gasteiger partial charge in [0.15, 0.2) is 0 Å². The van der Waals surface area contributed by atoms with Crippen LogP contribution in [0.1, 0.15) is 27.3 Å². The topological polar surface area (TPSA) is 56.1 Å². The lowest BCUT2D eigenvalue weighted by atomic mass is 9.96. The molecular weight excluding hydrogens is 395 g/mol. The van der Waals surface area contributed by atoms with E-state index in [2.05, 4.69) is 10.4 Å². The van der Waals surface area contributed by atoms with Gasteiger partial charge in [-0.15, -0.1) is 0 Å². The Morgan fingerprint density at radius 2 is 1.93 bits per heavy atom. The van der Waals surface area contributed by atoms with Gasteiger partial charge >= 0.3 is 6.18 Å². The van der Waals surface area contributed by atoms with E-state index >= 15 is 0 Å². The van der Waals surface area contributed by atoms with E-state index < -0.39 is 11.7 Å². The van der Waals surface area contributed by atoms with Gasteiger partial charge in [0.25, 0.3) is 5.91 Å². The molecule has 2 heterocycles. The molecule has 8 heteroatoms. The fourth-order valence-corrected chi connectivity index (χ4v) is 3.60. The fraction of sp³-hybridized carbons (Fsp3) is 0.273. The van der Waals surface area contributed by atoms with Crippen LogP contribution in [0.3, 0.4) is 0 Å². The van der Waals surface area contributed by atoms with Crippen LogP contribution in [-0.4, -0.2) is 28.3 Å². The van der Waals surface area contributed by atoms with Crippen molar-refractivity contribution in [1.29, 1.82) is 0 Å². The number of amides is 1. The Hall–Kier alpha value is -3.29. The molecule has 0 saturated heterocycles. The van der Waals surface area contributed by atoms with Crippen molar-refractivity contribution in [1.82, 2.24) is 15.1 Å². The third kappa shape index (κ3) is 3.77. The maximum absolute atomic E-state index is 13.5. The molecule has 3 aromatic rings. The number of ether oxygens (including phenoxy) is 1. The molecule has 4 rings (SSSR count). The van der Waals surface area contributed by atoms with Crippen molar-refractivity contribution in [3.05, 3.63) is 71.0 Å². The normalized spacial score (nSPS) is 15.6. The predicted octanol–water partition coefficient (Wildman–Crippen LogP) is 4.15. The molecule has 0 unspecified atom stereocenters. The van der Waals surface area contributed by atoms with Crippen LogP contribution < -0.4 is 10.1 Å². The Balaban J connectivity index is 1.53. The van der Waals surface area contributed by atoms with Crippen molar-refractivity contribution in [2.24, 2.45) is 7.05 Å². The molecule has 2 aromatic carbocycles. The summed E-state index contributed by atoms with van der Waals surface area (Å²) in [4.78, 5) is 12.3. The molecule has 156 valence electrons. The van der Waals surface area contributed by atoms with Gasteiger partial charge < -0.3 is 10.1 Å². The zero-order valence-electron chi connectivity index (χ0n) is 16.5. The Morgan fingerprint density at radius 3 is 2.63 bits per heavy atom. The molecule has 5 nitrogen and oxygen atoms in total. The van der Waals surface area contributed by atoms with Gasteiger partial charge in [0.1, 0.15) is 17.5 Å². The number of fused-ring (bicyclic) bond motifs is 1. The van der Waals surface area contributed by atoms with E-state index in [1.54, 1.807) is 36.0 Å². The van der Waals surface area contributed by atoms with Gasteiger partial charge in [-0.25, -0.2) is 0 Å². The predicted molar refractivity (Wildman–Crippen MR) is 105 cm³/mol. The van der Waals surface area contributed by atoms with Crippen LogP contribution in [0.5, 0.6) is 5.75 Å². The first kappa shape index (κ1) is 20.0. The molecule has 1 aromatic heterocycles. The molecule has 1 aliphatic heterocycles. The second kappa shape index (κ2) is 7.51. The number of benzene rings is 2. The summed E-state index contributed by atoms with van der Waals surface area (Å²) in [5.41, 5.74) is 1.76. The number of para-hydroxylation sites is 1. The molecular formula is C22H20F3N3O2. The summed E-state index contributed by atoms with van der Waals surface area (Å²) < 4.78 is 48.0. The van der Waals surface area contributed by atoms with E-state index in [4.69, 9.17) is 4.74 Å². The lowest BCUT2D eigenvalue weighted by molar-refractivity contribution is -0.137. The molecule has 0 fully saturated rings. The summed E-state index contributed by atoms with van der Waals surface area (Å²) in [5, 5.41) is 6.93. The highest BCUT2D eigenvalue weighted by Gasteiger charge is 2.35. The average molecular weight is 415 g/mol. The van der Waals surface area contributed by atoms with Crippen LogP contribution in [0, 0.1) is 6.92 Å². The van der Waals surface area contributed by atoms with Crippen LogP contribution in [-0.2, 0) is 19.6 Å². The fourth-order valence-electron chi connectivity index (χ4n) is 3.60. The zero-order chi connectivity index (χ0) is 21.5. The minimum Gasteiger partial charge on any atom is -0.487 e. The number of aromatic nitrogens is 2. The van der Waals surface area contributed by atoms with Crippen molar-refractivity contribution in [2.75, 3.05) is 6.54 Å². The summed E-state index contributed by atoms with van der Waals surface area (Å²) in [7, 11) is 1.75. The Bertz CT molecular complexity index is 1090. The van der Waals surface area contributed by atoms with Gasteiger partial charge in [-0.1, -0.05) is 36.4 Å². The number of nitrogens with one attached hydrogen (secondary N) is 1. The molecule has 0 aliphatic carbocycles. The Morgan fingerprint density at radius 1 is 1.20 bits per heavy atom. The van der Waals surface area contributed by atoms with E-state index in [0.717, 1.165) is 17.3 Å². The molecule has 0 saturated carbocycles. The van der Waals surface area contributed by atoms with Gasteiger partial charge in [-0.3, -0.25) is 9.48 Å². The molecule has 0 bridgehead atoms. The average Bonchev–Trinajstić information content (AvgIpc) is 3.28. The first-order valence-corrected chi connectivity index (χ1v) is 9.48. The highest BCUT2D eigenvalue weighted by Crippen LogP contribution is 2.43. The number of carbonyl (C=O) groups is 1. The van der Waals surface area contributed by atoms with Gasteiger partial charge in [0.2, 0.25) is 0 Å². The van der Waals surface area contributed by atoms with Crippen molar-refractivity contribution in [3.8, 4) is 16.9 Å². The molecule has 30 heavy (non-hydrogen) atoms. The second-order valence-electron chi connectivity index (χ2n) is 7.29. The number of halogens is 3. The number of nitrogens with zero attached hydrogens (tertiary/aromatic N) is 2. The number of hydrogen-bond donors (Lipinski definition) is 1. The second-order valence-corrected chi connectivity index (χ2v) is 7.29. The van der Waals surface area contributed by atoms with E-state index in [-0.39, 0.29) is 24.1 Å². The van der Waals surface area contributed by atoms with Crippen LogP contribution in [0.25, 0.3) is 11.1 Å². The third-order valence-electron chi connectivity index (χ3n) is 5.19. The van der Waals surface area contributed by atoms with Gasteiger partial charge in [-0.05, 0) is 30.2 Å². The van der Waals surface area contributed by atoms with Gasteiger partial charge in [0, 0.05) is 24.7 Å². The van der Waals surface area contributed by atoms with Crippen LogP contribution in [0.15, 0.2) is 48.5 Å². The maximum Gasteiger partial charge on any atom is 0.417 e. The highest BCUT2D eigenvalue weighted by molar-refractivity contribution is 5.92. The maximum atomic E-state index is 13.5. The Kier molecular flexibility index (Phi) is 5.01. The molecule has 0 radical (unpaired) electrons. The Labute approximate surface area is 171 Å². The lowest BCUT2D eigenvalue weighted by Crippen LogP contribution is -2.34. The number of aryl methyl sites for hydroxylation is 2. The SMILES string of the molecule is Cc1cc(C(=O)NC[C@@H]2Cc3cccc(-c4ccccc4C(F)(F)F)c3O2)nn1C. The number of alkyl halides is 3. The largest absolute Gasteiger partial charge is 0.487 e. The monoisotopic (exact) mass is 415 g/mol. The summed E-state index contributed by atoms with van der Waals surface area (Å²) in [6.07, 6.45) is -4.33. The summed E-state index contributed by atoms with van der Waals surface area (Å²) in [5.74, 6) is 0.114. The van der Waals surface area contributed by atoms with E-state index in [1.807, 2.05) is 13.0 Å². The number of carbonyl (C=O) groups excluding carboxylic acids is 1. The lowest BCUT2D eigenvalue weighted by Gasteiger charge is -2.16. The van der Waals surface area contributed by atoms with E-state index in [0.29, 0.717) is 23.4 Å². The van der Waals surface area contributed by atoms with Crippen molar-refractivity contribution in [3.63, 3.8) is 0 Å². The molecule has 1 amide bonds. The van der Waals surface area contributed by atoms with E-state index in [1.165, 1.54) is 12.1 Å². The molecule has 0 spiro atoms. The van der Waals surface area contributed by atoms with Crippen LogP contribution in [0.2, 0.25) is 0 Å². The van der Waals surface area contributed by atoms with Gasteiger partial charge in [0.05, 0.1) is 12.1 Å². The first-order chi connectivity index (χ1) is 14.2. The van der Waals surface area contributed by atoms with E-state index in [9.17, 15) is 18.0 Å². The standard InChI is InChI=1S/C22H20F3N3O2/c1-13-10-19(27-28(13)2)21(29)26-12-15-11-14-6-5-8-17(20(14)30-15)16-7-3-4-9-18(16)22(23,24)25/h3-10,15H,11-12H2,1-2H3,(H,26,29)/t15-/m0/s1. The quantitative estimate of drug-likeness (QED) is 0.697. The molecule has 1 aliphatic rings. The molecule has 1 N–H and O–H groups in total. The minimum absolute atomic E-state index is 0.0792. The van der Waals surface area contributed by atoms with Crippen LogP contribution >= 0.6 is 0 Å². The smallest absolute Gasteiger partial charge is 0.417 e. The summed E-state index contributed by atoms with van der Waals surface area (Å²) in [6, 6.07) is 12.3. The minimum atomic E-state index is -4.47. The summed E-state index contributed by atoms with van der Waals surface area (Å²) >= 11 is 0. The third-order valence-corrected chi connectivity index (χ3v) is 5.19. The highest BCUT2D eigenvalue weighted by atomic mass is 19.4. The molecule has 1 atom stereocenters. The first-order valence-electron chi connectivity index (χ1n) is 9.48. The summed E-state index contributed by atoms with van der Waals surface area (Å²) in [6.45, 7) is 2.07. The number of rotatable bonds is 4. The van der Waals surface area contributed by atoms with Crippen molar-refractivity contribution in [2.45, 2.75) is 25.6 Å². The van der Waals surface area contributed by atoms with Crippen molar-refractivity contribution >= 4 is 5.91 Å². The van der Waals surface area contributed by atoms with Gasteiger partial charge in [-0.2, -0.15) is 18.3 Å². The zero-order valence-corrected chi connectivity index (χ0v) is 16.5. The number of hydrogen-bond acceptors (Lipinski definition) is 3. The van der Waals surface area contributed by atoms with Crippen molar-refractivity contribution < 1.29 is 22.7 Å². The van der Waals surface area contributed by atoms with Crippen LogP contribution in [0.4, 0.5) is 13.2 Å².